The van der Waals surface area contributed by atoms with Gasteiger partial charge in [0.05, 0.1) is 0 Å². The summed E-state index contributed by atoms with van der Waals surface area (Å²) < 4.78 is 0. The molecule has 0 aromatic heterocycles. The lowest BCUT2D eigenvalue weighted by Gasteiger charge is -2.25. The Balaban J connectivity index is 3.90. The second-order valence-electron chi connectivity index (χ2n) is 6.00. The van der Waals surface area contributed by atoms with Crippen LogP contribution in [0.15, 0.2) is 0 Å². The Morgan fingerprint density at radius 3 is 2.07 bits per heavy atom. The summed E-state index contributed by atoms with van der Waals surface area (Å²) in [6, 6.07) is 0. The predicted octanol–water partition coefficient (Wildman–Crippen LogP) is 2.06. The third kappa shape index (κ3) is 8.43. The standard InChI is InChI=1S/C12H26N2O/c1-11(2,3)14-10(15)6-7-12(4,5)8-9-13/h6-9,13H2,1-5H3,(H,14,15). The van der Waals surface area contributed by atoms with Crippen molar-refractivity contribution in [3.63, 3.8) is 0 Å². The molecule has 0 aliphatic carbocycles. The lowest BCUT2D eigenvalue weighted by molar-refractivity contribution is -0.123. The Morgan fingerprint density at radius 1 is 1.13 bits per heavy atom. The van der Waals surface area contributed by atoms with E-state index in [0.717, 1.165) is 12.8 Å². The molecule has 0 bridgehead atoms. The molecule has 3 nitrogen and oxygen atoms in total. The molecule has 3 N–H and O–H groups in total. The maximum Gasteiger partial charge on any atom is 0.220 e. The van der Waals surface area contributed by atoms with Crippen molar-refractivity contribution < 1.29 is 4.79 Å². The highest BCUT2D eigenvalue weighted by Gasteiger charge is 2.20. The SMILES string of the molecule is CC(C)(CCN)CCC(=O)NC(C)(C)C. The van der Waals surface area contributed by atoms with E-state index in [2.05, 4.69) is 19.2 Å². The smallest absolute Gasteiger partial charge is 0.220 e. The zero-order valence-electron chi connectivity index (χ0n) is 10.8. The van der Waals surface area contributed by atoms with Gasteiger partial charge >= 0.3 is 0 Å². The molecule has 90 valence electrons. The van der Waals surface area contributed by atoms with Crippen molar-refractivity contribution >= 4 is 5.91 Å². The van der Waals surface area contributed by atoms with Gasteiger partial charge in [0.15, 0.2) is 0 Å². The third-order valence-corrected chi connectivity index (χ3v) is 2.36. The molecule has 0 spiro atoms. The van der Waals surface area contributed by atoms with Crippen LogP contribution in [-0.2, 0) is 4.79 Å². The Hall–Kier alpha value is -0.570. The first-order valence-electron chi connectivity index (χ1n) is 5.67. The van der Waals surface area contributed by atoms with Crippen LogP contribution in [0, 0.1) is 5.41 Å². The molecule has 3 heteroatoms. The molecule has 1 amide bonds. The number of nitrogens with two attached hydrogens (primary N) is 1. The molecular weight excluding hydrogens is 188 g/mol. The predicted molar refractivity (Wildman–Crippen MR) is 64.6 cm³/mol. The van der Waals surface area contributed by atoms with E-state index in [-0.39, 0.29) is 16.9 Å². The van der Waals surface area contributed by atoms with Gasteiger partial charge in [0.1, 0.15) is 0 Å². The van der Waals surface area contributed by atoms with E-state index in [9.17, 15) is 4.79 Å². The van der Waals surface area contributed by atoms with Crippen molar-refractivity contribution in [2.24, 2.45) is 11.1 Å². The van der Waals surface area contributed by atoms with Gasteiger partial charge in [-0.3, -0.25) is 4.79 Å². The molecular formula is C12H26N2O. The van der Waals surface area contributed by atoms with E-state index in [0.29, 0.717) is 13.0 Å². The monoisotopic (exact) mass is 214 g/mol. The molecule has 0 aliphatic rings. The van der Waals surface area contributed by atoms with E-state index in [1.54, 1.807) is 0 Å². The molecule has 0 aliphatic heterocycles. The van der Waals surface area contributed by atoms with Crippen molar-refractivity contribution in [2.45, 2.75) is 59.4 Å². The van der Waals surface area contributed by atoms with E-state index in [4.69, 9.17) is 5.73 Å². The average molecular weight is 214 g/mol. The van der Waals surface area contributed by atoms with E-state index < -0.39 is 0 Å². The van der Waals surface area contributed by atoms with Gasteiger partial charge in [-0.15, -0.1) is 0 Å². The van der Waals surface area contributed by atoms with Crippen LogP contribution in [0.4, 0.5) is 0 Å². The van der Waals surface area contributed by atoms with Crippen molar-refractivity contribution in [2.75, 3.05) is 6.54 Å². The van der Waals surface area contributed by atoms with Crippen molar-refractivity contribution in [3.8, 4) is 0 Å². The zero-order valence-corrected chi connectivity index (χ0v) is 10.8. The zero-order chi connectivity index (χ0) is 12.1. The van der Waals surface area contributed by atoms with Gasteiger partial charge in [-0.05, 0) is 45.6 Å². The normalized spacial score (nSPS) is 12.7. The Morgan fingerprint density at radius 2 is 1.67 bits per heavy atom. The topological polar surface area (TPSA) is 55.1 Å². The van der Waals surface area contributed by atoms with Gasteiger partial charge in [-0.25, -0.2) is 0 Å². The summed E-state index contributed by atoms with van der Waals surface area (Å²) in [5.74, 6) is 0.132. The highest BCUT2D eigenvalue weighted by atomic mass is 16.1. The molecule has 15 heavy (non-hydrogen) atoms. The van der Waals surface area contributed by atoms with Crippen LogP contribution in [0.25, 0.3) is 0 Å². The third-order valence-electron chi connectivity index (χ3n) is 2.36. The number of carbonyl (C=O) groups is 1. The molecule has 0 radical (unpaired) electrons. The number of hydrogen-bond acceptors (Lipinski definition) is 2. The number of rotatable bonds is 5. The maximum absolute atomic E-state index is 11.6. The second kappa shape index (κ2) is 5.50. The highest BCUT2D eigenvalue weighted by Crippen LogP contribution is 2.25. The fourth-order valence-corrected chi connectivity index (χ4v) is 1.45. The van der Waals surface area contributed by atoms with Gasteiger partial charge < -0.3 is 11.1 Å². The average Bonchev–Trinajstić information content (AvgIpc) is 1.98. The second-order valence-corrected chi connectivity index (χ2v) is 6.00. The minimum atomic E-state index is -0.130. The Kier molecular flexibility index (Phi) is 5.29. The number of carbonyl (C=O) groups excluding carboxylic acids is 1. The summed E-state index contributed by atoms with van der Waals surface area (Å²) in [5.41, 5.74) is 5.56. The minimum Gasteiger partial charge on any atom is -0.352 e. The first-order chi connectivity index (χ1) is 6.66. The first-order valence-corrected chi connectivity index (χ1v) is 5.67. The fourth-order valence-electron chi connectivity index (χ4n) is 1.45. The molecule has 0 saturated heterocycles. The molecule has 0 aromatic rings. The van der Waals surface area contributed by atoms with Crippen LogP contribution in [0.2, 0.25) is 0 Å². The van der Waals surface area contributed by atoms with Crippen molar-refractivity contribution in [3.05, 3.63) is 0 Å². The lowest BCUT2D eigenvalue weighted by atomic mass is 9.84. The van der Waals surface area contributed by atoms with Crippen LogP contribution in [0.5, 0.6) is 0 Å². The quantitative estimate of drug-likeness (QED) is 0.736. The molecule has 0 heterocycles. The van der Waals surface area contributed by atoms with Crippen LogP contribution < -0.4 is 11.1 Å². The summed E-state index contributed by atoms with van der Waals surface area (Å²) in [7, 11) is 0. The molecule has 0 saturated carbocycles. The molecule has 0 aromatic carbocycles. The summed E-state index contributed by atoms with van der Waals surface area (Å²) in [5, 5.41) is 2.96. The van der Waals surface area contributed by atoms with Gasteiger partial charge in [-0.1, -0.05) is 13.8 Å². The Labute approximate surface area is 93.8 Å². The lowest BCUT2D eigenvalue weighted by Crippen LogP contribution is -2.40. The maximum atomic E-state index is 11.6. The van der Waals surface area contributed by atoms with E-state index in [1.807, 2.05) is 20.8 Å². The van der Waals surface area contributed by atoms with E-state index >= 15 is 0 Å². The summed E-state index contributed by atoms with van der Waals surface area (Å²) in [6.45, 7) is 11.0. The van der Waals surface area contributed by atoms with Gasteiger partial charge in [0.25, 0.3) is 0 Å². The van der Waals surface area contributed by atoms with Gasteiger partial charge in [0.2, 0.25) is 5.91 Å². The van der Waals surface area contributed by atoms with Crippen molar-refractivity contribution in [1.82, 2.24) is 5.32 Å². The first kappa shape index (κ1) is 14.4. The minimum absolute atomic E-state index is 0.130. The molecule has 0 atom stereocenters. The summed E-state index contributed by atoms with van der Waals surface area (Å²) in [4.78, 5) is 11.6. The number of nitrogens with one attached hydrogen (secondary N) is 1. The summed E-state index contributed by atoms with van der Waals surface area (Å²) in [6.07, 6.45) is 2.45. The molecule has 0 fully saturated rings. The van der Waals surface area contributed by atoms with Crippen LogP contribution in [0.3, 0.4) is 0 Å². The fraction of sp³-hybridized carbons (Fsp3) is 0.917. The van der Waals surface area contributed by atoms with Gasteiger partial charge in [-0.2, -0.15) is 0 Å². The van der Waals surface area contributed by atoms with Crippen LogP contribution in [-0.4, -0.2) is 18.0 Å². The van der Waals surface area contributed by atoms with Gasteiger partial charge in [0, 0.05) is 12.0 Å². The summed E-state index contributed by atoms with van der Waals surface area (Å²) >= 11 is 0. The van der Waals surface area contributed by atoms with E-state index in [1.165, 1.54) is 0 Å². The Bertz CT molecular complexity index is 204. The number of hydrogen-bond donors (Lipinski definition) is 2. The molecule has 0 unspecified atom stereocenters. The highest BCUT2D eigenvalue weighted by molar-refractivity contribution is 5.76. The largest absolute Gasteiger partial charge is 0.352 e. The molecule has 0 rings (SSSR count). The van der Waals surface area contributed by atoms with Crippen molar-refractivity contribution in [1.29, 1.82) is 0 Å². The van der Waals surface area contributed by atoms with Crippen LogP contribution >= 0.6 is 0 Å². The van der Waals surface area contributed by atoms with Crippen LogP contribution in [0.1, 0.15) is 53.9 Å². The number of amides is 1.